The maximum Gasteiger partial charge on any atom is 0.410 e. The molecule has 8 rings (SSSR count). The quantitative estimate of drug-likeness (QED) is 0.0474. The number of amides is 4. The molecule has 4 aliphatic heterocycles. The van der Waals surface area contributed by atoms with Crippen molar-refractivity contribution in [2.45, 2.75) is 122 Å². The molecule has 4 aliphatic rings. The first-order valence-corrected chi connectivity index (χ1v) is 24.2. The van der Waals surface area contributed by atoms with Crippen molar-refractivity contribution in [1.29, 1.82) is 0 Å². The molecular formula is C54H64N6O10. The fourth-order valence-corrected chi connectivity index (χ4v) is 8.99. The number of benzene rings is 4. The molecule has 0 bridgehead atoms. The Labute approximate surface area is 409 Å². The molecule has 4 aromatic rings. The van der Waals surface area contributed by atoms with Gasteiger partial charge in [-0.15, -0.1) is 5.06 Å². The second-order valence-electron chi connectivity index (χ2n) is 20.3. The topological polar surface area (TPSA) is 169 Å². The highest BCUT2D eigenvalue weighted by molar-refractivity contribution is 6.20. The molecule has 2 fully saturated rings. The minimum Gasteiger partial charge on any atom is -0.491 e. The maximum atomic E-state index is 13.9. The van der Waals surface area contributed by atoms with Crippen LogP contribution in [-0.2, 0) is 36.9 Å². The van der Waals surface area contributed by atoms with Crippen molar-refractivity contribution in [2.75, 3.05) is 32.8 Å². The van der Waals surface area contributed by atoms with Crippen molar-refractivity contribution in [3.8, 4) is 5.75 Å². The Kier molecular flexibility index (Phi) is 15.1. The minimum absolute atomic E-state index is 0.102. The van der Waals surface area contributed by atoms with Crippen LogP contribution < -0.4 is 10.1 Å². The molecule has 0 aliphatic carbocycles. The standard InChI is InChI=1S/C54H64N6O10/c1-53(2,3)68-51(64)57-27-15-21-40(33-57)55-50(56-41-22-16-28-58(34-41)52(65)69-54(4,5)6)59-31-38-25-26-42(29-39(38)32-59)66-35-43(70-60-48(62)44-23-13-14-24-45(44)49(60)63)30-46(61)67-47(36-17-9-7-10-18-36)37-19-11-8-12-20-37/h7-14,17-20,23-26,29,40-41,43,47H,15-16,21-22,27-28,30-35H2,1-6H3,(H,55,56)/t40-,41-,43-/m1/s1. The smallest absolute Gasteiger partial charge is 0.410 e. The number of nitrogens with one attached hydrogen (secondary N) is 1. The number of likely N-dealkylation sites (tertiary alicyclic amines) is 2. The van der Waals surface area contributed by atoms with Crippen LogP contribution in [0, 0.1) is 0 Å². The molecule has 16 heteroatoms. The molecule has 4 amide bonds. The van der Waals surface area contributed by atoms with E-state index in [1.54, 1.807) is 34.1 Å². The predicted octanol–water partition coefficient (Wildman–Crippen LogP) is 8.44. The monoisotopic (exact) mass is 956 g/mol. The predicted molar refractivity (Wildman–Crippen MR) is 261 cm³/mol. The Morgan fingerprint density at radius 1 is 0.686 bits per heavy atom. The molecule has 16 nitrogen and oxygen atoms in total. The molecule has 0 saturated carbocycles. The summed E-state index contributed by atoms with van der Waals surface area (Å²) >= 11 is 0. The highest BCUT2D eigenvalue weighted by atomic mass is 16.7. The Morgan fingerprint density at radius 3 is 1.84 bits per heavy atom. The molecule has 4 heterocycles. The van der Waals surface area contributed by atoms with Gasteiger partial charge in [-0.05, 0) is 114 Å². The number of esters is 1. The van der Waals surface area contributed by atoms with Gasteiger partial charge in [0.15, 0.2) is 12.1 Å². The fraction of sp³-hybridized carbons (Fsp3) is 0.444. The van der Waals surface area contributed by atoms with Crippen molar-refractivity contribution in [1.82, 2.24) is 25.1 Å². The van der Waals surface area contributed by atoms with E-state index in [1.165, 1.54) is 0 Å². The van der Waals surface area contributed by atoms with Crippen LogP contribution in [0.25, 0.3) is 0 Å². The van der Waals surface area contributed by atoms with Crippen LogP contribution in [0.2, 0.25) is 0 Å². The van der Waals surface area contributed by atoms with Crippen molar-refractivity contribution in [3.63, 3.8) is 0 Å². The van der Waals surface area contributed by atoms with Gasteiger partial charge in [0.25, 0.3) is 11.8 Å². The van der Waals surface area contributed by atoms with E-state index >= 15 is 0 Å². The first kappa shape index (κ1) is 49.5. The Balaban J connectivity index is 0.995. The van der Waals surface area contributed by atoms with Gasteiger partial charge in [-0.25, -0.2) is 14.6 Å². The number of ether oxygens (including phenoxy) is 4. The number of hydroxylamine groups is 2. The van der Waals surface area contributed by atoms with Crippen molar-refractivity contribution >= 4 is 35.9 Å². The zero-order chi connectivity index (χ0) is 49.6. The van der Waals surface area contributed by atoms with Crippen molar-refractivity contribution in [3.05, 3.63) is 137 Å². The lowest BCUT2D eigenvalue weighted by molar-refractivity contribution is -0.167. The van der Waals surface area contributed by atoms with Crippen LogP contribution in [0.4, 0.5) is 9.59 Å². The summed E-state index contributed by atoms with van der Waals surface area (Å²) in [6, 6.07) is 30.7. The molecule has 0 spiro atoms. The van der Waals surface area contributed by atoms with Gasteiger partial charge in [-0.2, -0.15) is 0 Å². The summed E-state index contributed by atoms with van der Waals surface area (Å²) in [5.41, 5.74) is 2.74. The number of guanidine groups is 1. The first-order valence-electron chi connectivity index (χ1n) is 24.2. The summed E-state index contributed by atoms with van der Waals surface area (Å²) in [5, 5.41) is 4.40. The van der Waals surface area contributed by atoms with Crippen LogP contribution >= 0.6 is 0 Å². The first-order chi connectivity index (χ1) is 33.5. The van der Waals surface area contributed by atoms with E-state index in [1.807, 2.05) is 120 Å². The maximum absolute atomic E-state index is 13.9. The molecule has 0 aromatic heterocycles. The Morgan fingerprint density at radius 2 is 1.24 bits per heavy atom. The molecule has 3 atom stereocenters. The second kappa shape index (κ2) is 21.4. The number of carbonyl (C=O) groups excluding carboxylic acids is 5. The molecular weight excluding hydrogens is 893 g/mol. The molecule has 370 valence electrons. The second-order valence-corrected chi connectivity index (χ2v) is 20.3. The van der Waals surface area contributed by atoms with Gasteiger partial charge in [-0.1, -0.05) is 78.9 Å². The van der Waals surface area contributed by atoms with Crippen LogP contribution in [-0.4, -0.2) is 118 Å². The van der Waals surface area contributed by atoms with E-state index < -0.39 is 41.2 Å². The highest BCUT2D eigenvalue weighted by Gasteiger charge is 2.39. The summed E-state index contributed by atoms with van der Waals surface area (Å²) in [4.78, 5) is 84.2. The van der Waals surface area contributed by atoms with Crippen molar-refractivity contribution in [2.24, 2.45) is 4.99 Å². The Hall–Kier alpha value is -6.94. The molecule has 70 heavy (non-hydrogen) atoms. The summed E-state index contributed by atoms with van der Waals surface area (Å²) in [5.74, 6) is -0.728. The SMILES string of the molecule is CC(C)(C)OC(=O)N1CCC[C@@H](N=C(N[C@@H]2CCCN(C(=O)OC(C)(C)C)C2)N2Cc3ccc(OC[C@@H](CC(=O)OC(c4ccccc4)c4ccccc4)ON4C(=O)c5ccccc5C4=O)cc3C2)C1. The lowest BCUT2D eigenvalue weighted by Crippen LogP contribution is -2.54. The number of rotatable bonds is 12. The summed E-state index contributed by atoms with van der Waals surface area (Å²) < 4.78 is 23.9. The molecule has 4 aromatic carbocycles. The van der Waals surface area contributed by atoms with E-state index in [-0.39, 0.29) is 48.4 Å². The third-order valence-electron chi connectivity index (χ3n) is 12.3. The van der Waals surface area contributed by atoms with Crippen LogP contribution in [0.5, 0.6) is 5.75 Å². The van der Waals surface area contributed by atoms with Crippen LogP contribution in [0.1, 0.15) is 123 Å². The van der Waals surface area contributed by atoms with Gasteiger partial charge in [0.05, 0.1) is 23.6 Å². The lowest BCUT2D eigenvalue weighted by Gasteiger charge is -2.37. The molecule has 1 N–H and O–H groups in total. The van der Waals surface area contributed by atoms with Gasteiger partial charge in [-0.3, -0.25) is 19.2 Å². The van der Waals surface area contributed by atoms with Crippen LogP contribution in [0.3, 0.4) is 0 Å². The fourth-order valence-electron chi connectivity index (χ4n) is 8.99. The van der Waals surface area contributed by atoms with E-state index in [4.69, 9.17) is 28.8 Å². The third kappa shape index (κ3) is 12.6. The van der Waals surface area contributed by atoms with Gasteiger partial charge < -0.3 is 39.0 Å². The summed E-state index contributed by atoms with van der Waals surface area (Å²) in [6.07, 6.45) is 0.286. The largest absolute Gasteiger partial charge is 0.491 e. The summed E-state index contributed by atoms with van der Waals surface area (Å²) in [7, 11) is 0. The third-order valence-corrected chi connectivity index (χ3v) is 12.3. The number of aliphatic imine (C=N–C) groups is 1. The number of nitrogens with zero attached hydrogens (tertiary/aromatic N) is 5. The lowest BCUT2D eigenvalue weighted by atomic mass is 10.0. The van der Waals surface area contributed by atoms with Gasteiger partial charge >= 0.3 is 18.2 Å². The zero-order valence-corrected chi connectivity index (χ0v) is 40.9. The Bertz CT molecular complexity index is 2480. The molecule has 0 radical (unpaired) electrons. The highest BCUT2D eigenvalue weighted by Crippen LogP contribution is 2.31. The minimum atomic E-state index is -1.11. The average Bonchev–Trinajstić information content (AvgIpc) is 3.86. The average molecular weight is 957 g/mol. The van der Waals surface area contributed by atoms with E-state index in [0.29, 0.717) is 56.0 Å². The van der Waals surface area contributed by atoms with E-state index in [2.05, 4.69) is 10.2 Å². The molecule has 0 unspecified atom stereocenters. The number of carbonyl (C=O) groups is 5. The van der Waals surface area contributed by atoms with Gasteiger partial charge in [0.1, 0.15) is 29.7 Å². The number of imide groups is 1. The van der Waals surface area contributed by atoms with E-state index in [9.17, 15) is 24.0 Å². The van der Waals surface area contributed by atoms with Crippen LogP contribution in [0.15, 0.2) is 108 Å². The number of hydrogen-bond acceptors (Lipinski definition) is 11. The number of hydrogen-bond donors (Lipinski definition) is 1. The molecule has 2 saturated heterocycles. The zero-order valence-electron chi connectivity index (χ0n) is 40.9. The summed E-state index contributed by atoms with van der Waals surface area (Å²) in [6.45, 7) is 14.0. The van der Waals surface area contributed by atoms with Gasteiger partial charge in [0.2, 0.25) is 0 Å². The normalized spacial score (nSPS) is 18.9. The van der Waals surface area contributed by atoms with Gasteiger partial charge in [0, 0.05) is 45.3 Å². The van der Waals surface area contributed by atoms with Crippen molar-refractivity contribution < 1.29 is 47.8 Å². The number of fused-ring (bicyclic) bond motifs is 2. The van der Waals surface area contributed by atoms with E-state index in [0.717, 1.165) is 47.9 Å². The number of piperidine rings is 2.